The van der Waals surface area contributed by atoms with Crippen molar-refractivity contribution >= 4 is 12.0 Å². The quantitative estimate of drug-likeness (QED) is 0.413. The number of hydrogen-bond acceptors (Lipinski definition) is 4. The van der Waals surface area contributed by atoms with Crippen LogP contribution >= 0.6 is 0 Å². The summed E-state index contributed by atoms with van der Waals surface area (Å²) in [5, 5.41) is 22.3. The highest BCUT2D eigenvalue weighted by atomic mass is 16.5. The van der Waals surface area contributed by atoms with E-state index < -0.39 is 12.1 Å². The smallest absolute Gasteiger partial charge is 0.332 e. The fourth-order valence-electron chi connectivity index (χ4n) is 1.03. The van der Waals surface area contributed by atoms with Gasteiger partial charge in [0.2, 0.25) is 0 Å². The lowest BCUT2D eigenvalue weighted by Gasteiger charge is -2.08. The second-order valence-corrected chi connectivity index (χ2v) is 3.38. The Kier molecular flexibility index (Phi) is 9.08. The number of carboxylic acid groups (broad SMARTS) is 1. The number of nitrogens with one attached hydrogen (secondary N) is 2. The van der Waals surface area contributed by atoms with Crippen LogP contribution in [0.5, 0.6) is 0 Å². The zero-order valence-electron chi connectivity index (χ0n) is 9.94. The van der Waals surface area contributed by atoms with Gasteiger partial charge in [-0.15, -0.1) is 0 Å². The highest BCUT2D eigenvalue weighted by molar-refractivity contribution is 5.74. The van der Waals surface area contributed by atoms with Gasteiger partial charge >= 0.3 is 12.0 Å². The summed E-state index contributed by atoms with van der Waals surface area (Å²) in [7, 11) is 0. The maximum atomic E-state index is 11.1. The zero-order chi connectivity index (χ0) is 13.1. The Bertz CT molecular complexity index is 235. The molecule has 0 unspecified atom stereocenters. The van der Waals surface area contributed by atoms with Crippen molar-refractivity contribution < 1.29 is 24.5 Å². The van der Waals surface area contributed by atoms with E-state index in [1.165, 1.54) is 0 Å². The highest BCUT2D eigenvalue weighted by Gasteiger charge is 2.12. The summed E-state index contributed by atoms with van der Waals surface area (Å²) < 4.78 is 5.08. The molecule has 0 aliphatic carbocycles. The molecule has 0 rings (SSSR count). The molecule has 1 atom stereocenters. The maximum Gasteiger partial charge on any atom is 0.332 e. The summed E-state index contributed by atoms with van der Waals surface area (Å²) in [6.07, 6.45) is -0.728. The summed E-state index contributed by atoms with van der Waals surface area (Å²) in [5.74, 6) is -1.29. The summed E-state index contributed by atoms with van der Waals surface area (Å²) in [6, 6.07) is -0.376. The Labute approximate surface area is 100 Å². The van der Waals surface area contributed by atoms with Gasteiger partial charge in [0.1, 0.15) is 0 Å². The molecule has 0 heterocycles. The third-order valence-corrected chi connectivity index (χ3v) is 1.94. The van der Waals surface area contributed by atoms with E-state index in [4.69, 9.17) is 14.9 Å². The first-order valence-electron chi connectivity index (χ1n) is 5.58. The van der Waals surface area contributed by atoms with Crippen LogP contribution in [0.15, 0.2) is 0 Å². The van der Waals surface area contributed by atoms with Gasteiger partial charge in [0.15, 0.2) is 6.10 Å². The van der Waals surface area contributed by atoms with Crippen molar-refractivity contribution in [1.82, 2.24) is 10.6 Å². The number of amides is 2. The van der Waals surface area contributed by atoms with Crippen LogP contribution in [0, 0.1) is 0 Å². The number of ether oxygens (including phenoxy) is 1. The minimum Gasteiger partial charge on any atom is -0.479 e. The molecule has 0 saturated heterocycles. The van der Waals surface area contributed by atoms with Gasteiger partial charge in [-0.3, -0.25) is 0 Å². The molecular weight excluding hydrogens is 228 g/mol. The van der Waals surface area contributed by atoms with Crippen molar-refractivity contribution in [3.8, 4) is 0 Å². The topological polar surface area (TPSA) is 108 Å². The number of carboxylic acids is 1. The molecular formula is C10H20N2O5. The van der Waals surface area contributed by atoms with Gasteiger partial charge in [-0.05, 0) is 13.3 Å². The molecule has 0 aliphatic rings. The first-order chi connectivity index (χ1) is 8.07. The molecule has 0 aromatic carbocycles. The van der Waals surface area contributed by atoms with E-state index in [-0.39, 0.29) is 19.0 Å². The third kappa shape index (κ3) is 9.58. The number of rotatable bonds is 9. The Morgan fingerprint density at radius 2 is 1.94 bits per heavy atom. The molecule has 0 aromatic rings. The molecule has 7 heteroatoms. The van der Waals surface area contributed by atoms with E-state index in [1.807, 2.05) is 6.92 Å². The fraction of sp³-hybridized carbons (Fsp3) is 0.800. The molecule has 7 nitrogen and oxygen atoms in total. The molecule has 2 amide bonds. The minimum absolute atomic E-state index is 0.0122. The second-order valence-electron chi connectivity index (χ2n) is 3.38. The molecule has 0 saturated carbocycles. The number of aliphatic hydroxyl groups is 1. The Balaban J connectivity index is 3.38. The molecule has 0 fully saturated rings. The number of aliphatic carboxylic acids is 1. The second kappa shape index (κ2) is 9.86. The largest absolute Gasteiger partial charge is 0.479 e. The Hall–Kier alpha value is -1.34. The van der Waals surface area contributed by atoms with Crippen molar-refractivity contribution in [2.24, 2.45) is 0 Å². The summed E-state index contributed by atoms with van der Waals surface area (Å²) in [5.41, 5.74) is 0. The van der Waals surface area contributed by atoms with E-state index in [0.717, 1.165) is 6.42 Å². The molecule has 100 valence electrons. The number of carbonyl (C=O) groups is 2. The van der Waals surface area contributed by atoms with Crippen LogP contribution in [0.3, 0.4) is 0 Å². The third-order valence-electron chi connectivity index (χ3n) is 1.94. The van der Waals surface area contributed by atoms with Crippen LogP contribution < -0.4 is 10.6 Å². The average molecular weight is 248 g/mol. The van der Waals surface area contributed by atoms with Crippen molar-refractivity contribution in [3.63, 3.8) is 0 Å². The molecule has 0 bridgehead atoms. The van der Waals surface area contributed by atoms with Gasteiger partial charge < -0.3 is 25.6 Å². The van der Waals surface area contributed by atoms with E-state index in [2.05, 4.69) is 10.6 Å². The van der Waals surface area contributed by atoms with Gasteiger partial charge in [0, 0.05) is 32.7 Å². The van der Waals surface area contributed by atoms with Crippen LogP contribution in [0.2, 0.25) is 0 Å². The van der Waals surface area contributed by atoms with Gasteiger partial charge in [-0.25, -0.2) is 9.59 Å². The van der Waals surface area contributed by atoms with Gasteiger partial charge in [0.05, 0.1) is 0 Å². The van der Waals surface area contributed by atoms with Crippen LogP contribution in [-0.2, 0) is 9.53 Å². The summed E-state index contributed by atoms with van der Waals surface area (Å²) in [6.45, 7) is 3.75. The van der Waals surface area contributed by atoms with Gasteiger partial charge in [0.25, 0.3) is 0 Å². The minimum atomic E-state index is -1.44. The Morgan fingerprint density at radius 1 is 1.29 bits per heavy atom. The predicted molar refractivity (Wildman–Crippen MR) is 60.8 cm³/mol. The molecule has 17 heavy (non-hydrogen) atoms. The lowest BCUT2D eigenvalue weighted by Crippen LogP contribution is -2.38. The van der Waals surface area contributed by atoms with Crippen molar-refractivity contribution in [1.29, 1.82) is 0 Å². The van der Waals surface area contributed by atoms with E-state index >= 15 is 0 Å². The van der Waals surface area contributed by atoms with E-state index in [1.54, 1.807) is 0 Å². The van der Waals surface area contributed by atoms with E-state index in [0.29, 0.717) is 19.8 Å². The van der Waals surface area contributed by atoms with Crippen molar-refractivity contribution in [3.05, 3.63) is 0 Å². The number of hydrogen-bond donors (Lipinski definition) is 4. The molecule has 0 aliphatic heterocycles. The SMILES string of the molecule is CCOCCCNC(=O)NCC[C@H](O)C(=O)O. The number of urea groups is 1. The Morgan fingerprint density at radius 3 is 2.53 bits per heavy atom. The average Bonchev–Trinajstić information content (AvgIpc) is 2.28. The standard InChI is InChI=1S/C10H20N2O5/c1-2-17-7-3-5-11-10(16)12-6-4-8(13)9(14)15/h8,13H,2-7H2,1H3,(H,14,15)(H2,11,12,16)/t8-/m0/s1. The normalized spacial score (nSPS) is 11.9. The maximum absolute atomic E-state index is 11.1. The summed E-state index contributed by atoms with van der Waals surface area (Å²) in [4.78, 5) is 21.4. The lowest BCUT2D eigenvalue weighted by atomic mass is 10.2. The predicted octanol–water partition coefficient (Wildman–Crippen LogP) is -0.452. The fourth-order valence-corrected chi connectivity index (χ4v) is 1.03. The molecule has 0 radical (unpaired) electrons. The number of aliphatic hydroxyl groups excluding tert-OH is 1. The van der Waals surface area contributed by atoms with Crippen LogP contribution in [0.4, 0.5) is 4.79 Å². The van der Waals surface area contributed by atoms with Crippen LogP contribution in [0.1, 0.15) is 19.8 Å². The van der Waals surface area contributed by atoms with Crippen molar-refractivity contribution in [2.45, 2.75) is 25.9 Å². The number of carbonyl (C=O) groups excluding carboxylic acids is 1. The van der Waals surface area contributed by atoms with Crippen LogP contribution in [0.25, 0.3) is 0 Å². The van der Waals surface area contributed by atoms with Crippen LogP contribution in [-0.4, -0.2) is 54.6 Å². The zero-order valence-corrected chi connectivity index (χ0v) is 9.94. The summed E-state index contributed by atoms with van der Waals surface area (Å²) >= 11 is 0. The molecule has 4 N–H and O–H groups in total. The first kappa shape index (κ1) is 15.7. The van der Waals surface area contributed by atoms with E-state index in [9.17, 15) is 9.59 Å². The van der Waals surface area contributed by atoms with Gasteiger partial charge in [-0.2, -0.15) is 0 Å². The molecule has 0 spiro atoms. The molecule has 0 aromatic heterocycles. The monoisotopic (exact) mass is 248 g/mol. The van der Waals surface area contributed by atoms with Crippen molar-refractivity contribution in [2.75, 3.05) is 26.3 Å². The lowest BCUT2D eigenvalue weighted by molar-refractivity contribution is -0.146. The van der Waals surface area contributed by atoms with Gasteiger partial charge in [-0.1, -0.05) is 0 Å². The highest BCUT2D eigenvalue weighted by Crippen LogP contribution is 1.89. The first-order valence-corrected chi connectivity index (χ1v) is 5.58.